The van der Waals surface area contributed by atoms with Gasteiger partial charge in [-0.2, -0.15) is 23.3 Å². The Morgan fingerprint density at radius 2 is 1.96 bits per heavy atom. The van der Waals surface area contributed by atoms with Gasteiger partial charge in [-0.25, -0.2) is 9.07 Å². The van der Waals surface area contributed by atoms with Crippen molar-refractivity contribution in [3.63, 3.8) is 0 Å². The molecule has 1 aliphatic rings. The summed E-state index contributed by atoms with van der Waals surface area (Å²) in [5, 5.41) is 10.9. The number of alkyl halides is 3. The van der Waals surface area contributed by atoms with Crippen molar-refractivity contribution in [1.29, 1.82) is 0 Å². The van der Waals surface area contributed by atoms with Crippen LogP contribution in [0.1, 0.15) is 17.6 Å². The van der Waals surface area contributed by atoms with Crippen LogP contribution in [-0.4, -0.2) is 51.5 Å². The Kier molecular flexibility index (Phi) is 4.63. The standard InChI is InChI=1S/C17H16F4N6O/c1-26-7-6-22-9-13(26)15-24-16(28-25-15)12-8-23-27(14(12)17(19,20)21)11-4-2-10(18)3-5-11/h2-5,8,13,22H,6-7,9H2,1H3. The third kappa shape index (κ3) is 3.38. The fraction of sp³-hybridized carbons (Fsp3) is 0.353. The van der Waals surface area contributed by atoms with E-state index in [1.54, 1.807) is 0 Å². The van der Waals surface area contributed by atoms with E-state index >= 15 is 0 Å². The summed E-state index contributed by atoms with van der Waals surface area (Å²) >= 11 is 0. The molecule has 1 fully saturated rings. The lowest BCUT2D eigenvalue weighted by molar-refractivity contribution is -0.142. The summed E-state index contributed by atoms with van der Waals surface area (Å²) in [5.41, 5.74) is -1.33. The molecule has 4 rings (SSSR count). The van der Waals surface area contributed by atoms with Crippen LogP contribution < -0.4 is 5.32 Å². The van der Waals surface area contributed by atoms with Gasteiger partial charge in [0.2, 0.25) is 0 Å². The SMILES string of the molecule is CN1CCNCC1c1noc(-c2cnn(-c3ccc(F)cc3)c2C(F)(F)F)n1. The van der Waals surface area contributed by atoms with E-state index in [0.29, 0.717) is 17.1 Å². The van der Waals surface area contributed by atoms with Gasteiger partial charge in [-0.05, 0) is 31.3 Å². The van der Waals surface area contributed by atoms with E-state index in [2.05, 4.69) is 20.6 Å². The van der Waals surface area contributed by atoms with Gasteiger partial charge in [-0.3, -0.25) is 4.90 Å². The highest BCUT2D eigenvalue weighted by Crippen LogP contribution is 2.38. The summed E-state index contributed by atoms with van der Waals surface area (Å²) in [6, 6.07) is 4.35. The van der Waals surface area contributed by atoms with Gasteiger partial charge < -0.3 is 9.84 Å². The number of halogens is 4. The van der Waals surface area contributed by atoms with Gasteiger partial charge in [-0.15, -0.1) is 0 Å². The number of benzene rings is 1. The summed E-state index contributed by atoms with van der Waals surface area (Å²) in [6.45, 7) is 2.13. The molecule has 0 bridgehead atoms. The average molecular weight is 396 g/mol. The van der Waals surface area contributed by atoms with Crippen LogP contribution in [0.2, 0.25) is 0 Å². The molecule has 1 saturated heterocycles. The zero-order chi connectivity index (χ0) is 19.9. The largest absolute Gasteiger partial charge is 0.434 e. The first-order valence-electron chi connectivity index (χ1n) is 8.50. The first kappa shape index (κ1) is 18.6. The van der Waals surface area contributed by atoms with Gasteiger partial charge in [0.25, 0.3) is 5.89 Å². The third-order valence-electron chi connectivity index (χ3n) is 4.59. The van der Waals surface area contributed by atoms with E-state index in [1.165, 1.54) is 12.1 Å². The second-order valence-corrected chi connectivity index (χ2v) is 6.45. The van der Waals surface area contributed by atoms with E-state index in [-0.39, 0.29) is 23.2 Å². The minimum absolute atomic E-state index is 0.0657. The van der Waals surface area contributed by atoms with Gasteiger partial charge in [0.1, 0.15) is 5.82 Å². The third-order valence-corrected chi connectivity index (χ3v) is 4.59. The van der Waals surface area contributed by atoms with E-state index in [1.807, 2.05) is 11.9 Å². The van der Waals surface area contributed by atoms with Crippen molar-refractivity contribution in [3.05, 3.63) is 47.8 Å². The predicted octanol–water partition coefficient (Wildman–Crippen LogP) is 2.66. The topological polar surface area (TPSA) is 72.0 Å². The van der Waals surface area contributed by atoms with Crippen LogP contribution in [-0.2, 0) is 6.18 Å². The Hall–Kier alpha value is -2.79. The monoisotopic (exact) mass is 396 g/mol. The Morgan fingerprint density at radius 1 is 1.21 bits per heavy atom. The van der Waals surface area contributed by atoms with Crippen LogP contribution in [0.15, 0.2) is 35.0 Å². The molecule has 7 nitrogen and oxygen atoms in total. The number of piperazine rings is 1. The average Bonchev–Trinajstić information content (AvgIpc) is 3.29. The number of hydrogen-bond donors (Lipinski definition) is 1. The highest BCUT2D eigenvalue weighted by molar-refractivity contribution is 5.58. The fourth-order valence-electron chi connectivity index (χ4n) is 3.13. The van der Waals surface area contributed by atoms with Crippen LogP contribution >= 0.6 is 0 Å². The van der Waals surface area contributed by atoms with Crippen molar-refractivity contribution in [1.82, 2.24) is 30.1 Å². The lowest BCUT2D eigenvalue weighted by Crippen LogP contribution is -2.44. The smallest absolute Gasteiger partial charge is 0.334 e. The quantitative estimate of drug-likeness (QED) is 0.687. The van der Waals surface area contributed by atoms with Crippen molar-refractivity contribution < 1.29 is 22.1 Å². The molecule has 0 saturated carbocycles. The predicted molar refractivity (Wildman–Crippen MR) is 90.1 cm³/mol. The van der Waals surface area contributed by atoms with Gasteiger partial charge in [0.15, 0.2) is 11.5 Å². The molecule has 28 heavy (non-hydrogen) atoms. The molecule has 1 atom stereocenters. The first-order valence-corrected chi connectivity index (χ1v) is 8.50. The van der Waals surface area contributed by atoms with Gasteiger partial charge in [0, 0.05) is 19.6 Å². The molecule has 0 aliphatic carbocycles. The van der Waals surface area contributed by atoms with Crippen LogP contribution in [0.3, 0.4) is 0 Å². The molecule has 3 heterocycles. The molecular weight excluding hydrogens is 380 g/mol. The Morgan fingerprint density at radius 3 is 2.64 bits per heavy atom. The maximum Gasteiger partial charge on any atom is 0.434 e. The minimum atomic E-state index is -4.74. The van der Waals surface area contributed by atoms with E-state index in [0.717, 1.165) is 31.4 Å². The molecule has 1 aliphatic heterocycles. The Labute approximate surface area is 156 Å². The van der Waals surface area contributed by atoms with Gasteiger partial charge in [-0.1, -0.05) is 5.16 Å². The van der Waals surface area contributed by atoms with Crippen LogP contribution in [0.5, 0.6) is 0 Å². The molecule has 0 spiro atoms. The highest BCUT2D eigenvalue weighted by Gasteiger charge is 2.41. The molecule has 1 N–H and O–H groups in total. The van der Waals surface area contributed by atoms with Crippen molar-refractivity contribution in [2.45, 2.75) is 12.2 Å². The highest BCUT2D eigenvalue weighted by atomic mass is 19.4. The number of nitrogens with zero attached hydrogens (tertiary/aromatic N) is 5. The minimum Gasteiger partial charge on any atom is -0.334 e. The number of nitrogens with one attached hydrogen (secondary N) is 1. The van der Waals surface area contributed by atoms with Crippen molar-refractivity contribution in [2.24, 2.45) is 0 Å². The molecule has 0 amide bonds. The Balaban J connectivity index is 1.75. The van der Waals surface area contributed by atoms with E-state index < -0.39 is 17.7 Å². The lowest BCUT2D eigenvalue weighted by atomic mass is 10.2. The molecule has 1 unspecified atom stereocenters. The summed E-state index contributed by atoms with van der Waals surface area (Å²) in [4.78, 5) is 6.17. The van der Waals surface area contributed by atoms with Crippen molar-refractivity contribution in [2.75, 3.05) is 26.7 Å². The van der Waals surface area contributed by atoms with Gasteiger partial charge in [0.05, 0.1) is 23.5 Å². The van der Waals surface area contributed by atoms with E-state index in [4.69, 9.17) is 4.52 Å². The van der Waals surface area contributed by atoms with E-state index in [9.17, 15) is 17.6 Å². The maximum absolute atomic E-state index is 13.8. The normalized spacial score (nSPS) is 18.5. The number of hydrogen-bond acceptors (Lipinski definition) is 6. The zero-order valence-corrected chi connectivity index (χ0v) is 14.7. The zero-order valence-electron chi connectivity index (χ0n) is 14.7. The van der Waals surface area contributed by atoms with Gasteiger partial charge >= 0.3 is 6.18 Å². The number of likely N-dealkylation sites (N-methyl/N-ethyl adjacent to an activating group) is 1. The maximum atomic E-state index is 13.8. The second kappa shape index (κ2) is 6.99. The first-order chi connectivity index (χ1) is 13.3. The second-order valence-electron chi connectivity index (χ2n) is 6.45. The number of aromatic nitrogens is 4. The molecule has 0 radical (unpaired) electrons. The lowest BCUT2D eigenvalue weighted by Gasteiger charge is -2.30. The fourth-order valence-corrected chi connectivity index (χ4v) is 3.13. The van der Waals surface area contributed by atoms with Crippen LogP contribution in [0, 0.1) is 5.82 Å². The van der Waals surface area contributed by atoms with Crippen molar-refractivity contribution in [3.8, 4) is 17.1 Å². The summed E-state index contributed by atoms with van der Waals surface area (Å²) in [7, 11) is 1.88. The molecule has 1 aromatic carbocycles. The summed E-state index contributed by atoms with van der Waals surface area (Å²) in [6.07, 6.45) is -3.72. The van der Waals surface area contributed by atoms with Crippen LogP contribution in [0.4, 0.5) is 17.6 Å². The molecule has 11 heteroatoms. The number of rotatable bonds is 3. The Bertz CT molecular complexity index is 965. The summed E-state index contributed by atoms with van der Waals surface area (Å²) in [5.74, 6) is -0.529. The molecule has 3 aromatic rings. The van der Waals surface area contributed by atoms with Crippen LogP contribution in [0.25, 0.3) is 17.1 Å². The molecule has 148 valence electrons. The summed E-state index contributed by atoms with van der Waals surface area (Å²) < 4.78 is 60.3. The van der Waals surface area contributed by atoms with Crippen molar-refractivity contribution >= 4 is 0 Å². The molecular formula is C17H16F4N6O. The molecule has 2 aromatic heterocycles.